The SMILES string of the molecule is CN(C)C(=O)CCNc1nnnn1-c1ccccc1. The molecule has 0 atom stereocenters. The molecular formula is C12H16N6O. The second-order valence-electron chi connectivity index (χ2n) is 4.21. The Morgan fingerprint density at radius 3 is 2.74 bits per heavy atom. The van der Waals surface area contributed by atoms with Crippen LogP contribution in [0.2, 0.25) is 0 Å². The van der Waals surface area contributed by atoms with Crippen molar-refractivity contribution >= 4 is 11.9 Å². The van der Waals surface area contributed by atoms with Crippen LogP contribution in [0.25, 0.3) is 5.69 Å². The molecule has 7 heteroatoms. The highest BCUT2D eigenvalue weighted by molar-refractivity contribution is 5.76. The van der Waals surface area contributed by atoms with Crippen molar-refractivity contribution in [2.45, 2.75) is 6.42 Å². The number of benzene rings is 1. The van der Waals surface area contributed by atoms with Crippen LogP contribution < -0.4 is 5.32 Å². The first-order valence-electron chi connectivity index (χ1n) is 5.96. The van der Waals surface area contributed by atoms with Gasteiger partial charge in [0.05, 0.1) is 5.69 Å². The molecule has 0 aliphatic rings. The predicted molar refractivity (Wildman–Crippen MR) is 71.0 cm³/mol. The predicted octanol–water partition coefficient (Wildman–Crippen LogP) is 0.552. The molecule has 0 saturated heterocycles. The monoisotopic (exact) mass is 260 g/mol. The van der Waals surface area contributed by atoms with Gasteiger partial charge in [-0.1, -0.05) is 23.3 Å². The molecule has 100 valence electrons. The van der Waals surface area contributed by atoms with Gasteiger partial charge in [0.2, 0.25) is 11.9 Å². The number of amides is 1. The maximum atomic E-state index is 11.5. The molecule has 0 aliphatic carbocycles. The van der Waals surface area contributed by atoms with Gasteiger partial charge in [0.15, 0.2) is 0 Å². The van der Waals surface area contributed by atoms with Crippen molar-refractivity contribution in [3.63, 3.8) is 0 Å². The zero-order valence-corrected chi connectivity index (χ0v) is 10.9. The van der Waals surface area contributed by atoms with E-state index in [1.807, 2.05) is 30.3 Å². The minimum atomic E-state index is 0.0613. The summed E-state index contributed by atoms with van der Waals surface area (Å²) in [6.07, 6.45) is 0.397. The number of tetrazole rings is 1. The van der Waals surface area contributed by atoms with Gasteiger partial charge in [0, 0.05) is 27.1 Å². The first-order valence-corrected chi connectivity index (χ1v) is 5.96. The lowest BCUT2D eigenvalue weighted by molar-refractivity contribution is -0.128. The van der Waals surface area contributed by atoms with E-state index in [1.54, 1.807) is 23.7 Å². The van der Waals surface area contributed by atoms with E-state index in [9.17, 15) is 4.79 Å². The minimum Gasteiger partial charge on any atom is -0.352 e. The van der Waals surface area contributed by atoms with Crippen molar-refractivity contribution in [1.29, 1.82) is 0 Å². The van der Waals surface area contributed by atoms with Gasteiger partial charge in [-0.3, -0.25) is 4.79 Å². The van der Waals surface area contributed by atoms with E-state index in [-0.39, 0.29) is 5.91 Å². The molecule has 1 aromatic heterocycles. The largest absolute Gasteiger partial charge is 0.352 e. The second kappa shape index (κ2) is 5.94. The van der Waals surface area contributed by atoms with E-state index in [1.165, 1.54) is 0 Å². The van der Waals surface area contributed by atoms with Gasteiger partial charge in [0.1, 0.15) is 0 Å². The number of para-hydroxylation sites is 1. The molecule has 2 rings (SSSR count). The van der Waals surface area contributed by atoms with E-state index < -0.39 is 0 Å². The third kappa shape index (κ3) is 3.27. The third-order valence-corrected chi connectivity index (χ3v) is 2.59. The zero-order chi connectivity index (χ0) is 13.7. The fourth-order valence-electron chi connectivity index (χ4n) is 1.55. The summed E-state index contributed by atoms with van der Waals surface area (Å²) in [7, 11) is 3.46. The quantitative estimate of drug-likeness (QED) is 0.849. The number of carbonyl (C=O) groups is 1. The van der Waals surface area contributed by atoms with Gasteiger partial charge >= 0.3 is 0 Å². The Bertz CT molecular complexity index is 536. The Hall–Kier alpha value is -2.44. The van der Waals surface area contributed by atoms with Crippen molar-refractivity contribution in [3.05, 3.63) is 30.3 Å². The van der Waals surface area contributed by atoms with Gasteiger partial charge in [-0.05, 0) is 22.6 Å². The summed E-state index contributed by atoms with van der Waals surface area (Å²) in [5.41, 5.74) is 0.869. The number of nitrogens with zero attached hydrogens (tertiary/aromatic N) is 5. The van der Waals surface area contributed by atoms with Crippen LogP contribution in [0.5, 0.6) is 0 Å². The van der Waals surface area contributed by atoms with E-state index in [0.29, 0.717) is 18.9 Å². The molecule has 1 N–H and O–H groups in total. The number of nitrogens with one attached hydrogen (secondary N) is 1. The second-order valence-corrected chi connectivity index (χ2v) is 4.21. The summed E-state index contributed by atoms with van der Waals surface area (Å²) in [5.74, 6) is 0.587. The molecule has 0 bridgehead atoms. The lowest BCUT2D eigenvalue weighted by Crippen LogP contribution is -2.24. The van der Waals surface area contributed by atoms with Crippen molar-refractivity contribution in [3.8, 4) is 5.69 Å². The summed E-state index contributed by atoms with van der Waals surface area (Å²) in [6.45, 7) is 0.490. The molecule has 0 unspecified atom stereocenters. The van der Waals surface area contributed by atoms with Crippen LogP contribution >= 0.6 is 0 Å². The summed E-state index contributed by atoms with van der Waals surface area (Å²) >= 11 is 0. The summed E-state index contributed by atoms with van der Waals surface area (Å²) < 4.78 is 1.60. The Balaban J connectivity index is 1.99. The molecule has 0 saturated carbocycles. The molecule has 0 spiro atoms. The van der Waals surface area contributed by atoms with Gasteiger partial charge in [-0.2, -0.15) is 4.68 Å². The van der Waals surface area contributed by atoms with Crippen LogP contribution in [0.3, 0.4) is 0 Å². The summed E-state index contributed by atoms with van der Waals surface area (Å²) in [6, 6.07) is 9.57. The Morgan fingerprint density at radius 1 is 1.32 bits per heavy atom. The number of hydrogen-bond donors (Lipinski definition) is 1. The molecule has 0 radical (unpaired) electrons. The van der Waals surface area contributed by atoms with Gasteiger partial charge in [-0.25, -0.2) is 0 Å². The topological polar surface area (TPSA) is 75.9 Å². The lowest BCUT2D eigenvalue weighted by atomic mass is 10.3. The molecule has 2 aromatic rings. The van der Waals surface area contributed by atoms with E-state index in [4.69, 9.17) is 0 Å². The number of rotatable bonds is 5. The zero-order valence-electron chi connectivity index (χ0n) is 10.9. The first-order chi connectivity index (χ1) is 9.18. The maximum Gasteiger partial charge on any atom is 0.247 e. The average Bonchev–Trinajstić information content (AvgIpc) is 2.88. The first kappa shape index (κ1) is 13.0. The molecule has 7 nitrogen and oxygen atoms in total. The number of anilines is 1. The number of hydrogen-bond acceptors (Lipinski definition) is 5. The van der Waals surface area contributed by atoms with Crippen molar-refractivity contribution in [2.75, 3.05) is 26.0 Å². The van der Waals surface area contributed by atoms with Crippen LogP contribution in [0.15, 0.2) is 30.3 Å². The lowest BCUT2D eigenvalue weighted by Gasteiger charge is -2.10. The normalized spacial score (nSPS) is 10.2. The van der Waals surface area contributed by atoms with Crippen LogP contribution in [0.1, 0.15) is 6.42 Å². The Labute approximate surface area is 111 Å². The molecule has 19 heavy (non-hydrogen) atoms. The number of aromatic nitrogens is 4. The Morgan fingerprint density at radius 2 is 2.05 bits per heavy atom. The minimum absolute atomic E-state index is 0.0613. The maximum absolute atomic E-state index is 11.5. The molecule has 0 fully saturated rings. The van der Waals surface area contributed by atoms with Crippen molar-refractivity contribution < 1.29 is 4.79 Å². The molecule has 1 aromatic carbocycles. The van der Waals surface area contributed by atoms with Crippen LogP contribution in [0, 0.1) is 0 Å². The highest BCUT2D eigenvalue weighted by Gasteiger charge is 2.08. The fraction of sp³-hybridized carbons (Fsp3) is 0.333. The Kier molecular flexibility index (Phi) is 4.07. The number of carbonyl (C=O) groups excluding carboxylic acids is 1. The highest BCUT2D eigenvalue weighted by Crippen LogP contribution is 2.10. The van der Waals surface area contributed by atoms with E-state index in [2.05, 4.69) is 20.8 Å². The van der Waals surface area contributed by atoms with Gasteiger partial charge in [-0.15, -0.1) is 0 Å². The molecular weight excluding hydrogens is 244 g/mol. The molecule has 1 heterocycles. The van der Waals surface area contributed by atoms with Crippen molar-refractivity contribution in [1.82, 2.24) is 25.1 Å². The summed E-state index contributed by atoms with van der Waals surface area (Å²) in [4.78, 5) is 13.0. The summed E-state index contributed by atoms with van der Waals surface area (Å²) in [5, 5.41) is 14.5. The standard InChI is InChI=1S/C12H16N6O/c1-17(2)11(19)8-9-13-12-14-15-16-18(12)10-6-4-3-5-7-10/h3-7H,8-9H2,1-2H3,(H,13,14,16). The molecule has 0 aliphatic heterocycles. The fourth-order valence-corrected chi connectivity index (χ4v) is 1.55. The van der Waals surface area contributed by atoms with Gasteiger partial charge in [0.25, 0.3) is 0 Å². The van der Waals surface area contributed by atoms with Crippen LogP contribution in [-0.2, 0) is 4.79 Å². The van der Waals surface area contributed by atoms with Gasteiger partial charge < -0.3 is 10.2 Å². The van der Waals surface area contributed by atoms with Crippen LogP contribution in [0.4, 0.5) is 5.95 Å². The third-order valence-electron chi connectivity index (χ3n) is 2.59. The molecule has 1 amide bonds. The van der Waals surface area contributed by atoms with E-state index in [0.717, 1.165) is 5.69 Å². The highest BCUT2D eigenvalue weighted by atomic mass is 16.2. The smallest absolute Gasteiger partial charge is 0.247 e. The van der Waals surface area contributed by atoms with Crippen molar-refractivity contribution in [2.24, 2.45) is 0 Å². The van der Waals surface area contributed by atoms with Crippen LogP contribution in [-0.4, -0.2) is 51.7 Å². The average molecular weight is 260 g/mol. The van der Waals surface area contributed by atoms with E-state index >= 15 is 0 Å².